The summed E-state index contributed by atoms with van der Waals surface area (Å²) in [7, 11) is 3.00. The van der Waals surface area contributed by atoms with Crippen molar-refractivity contribution in [2.24, 2.45) is 0 Å². The molecule has 44 heavy (non-hydrogen) atoms. The molecule has 6 rings (SSSR count). The number of carbonyl (C=O) groups is 1. The van der Waals surface area contributed by atoms with Crippen LogP contribution in [0.2, 0.25) is 0 Å². The molecule has 0 aliphatic carbocycles. The molecule has 15 heteroatoms. The van der Waals surface area contributed by atoms with Gasteiger partial charge >= 0.3 is 6.01 Å². The molecule has 1 amide bonds. The minimum atomic E-state index is -0.998. The lowest BCUT2D eigenvalue weighted by Gasteiger charge is -2.39. The number of likely N-dealkylation sites (tertiary alicyclic amines) is 1. The third-order valence-electron chi connectivity index (χ3n) is 6.76. The van der Waals surface area contributed by atoms with Crippen molar-refractivity contribution in [3.8, 4) is 29.1 Å². The van der Waals surface area contributed by atoms with E-state index >= 15 is 4.39 Å². The van der Waals surface area contributed by atoms with E-state index in [1.807, 2.05) is 0 Å². The second kappa shape index (κ2) is 11.8. The number of methoxy groups -OCH3 is 2. The molecule has 1 fully saturated rings. The number of benzene rings is 2. The maximum absolute atomic E-state index is 15.2. The molecular formula is C29H25F2N9O4. The molecule has 0 spiro atoms. The highest BCUT2D eigenvalue weighted by Gasteiger charge is 2.32. The predicted octanol–water partition coefficient (Wildman–Crippen LogP) is 4.40. The molecular weight excluding hydrogens is 576 g/mol. The van der Waals surface area contributed by atoms with E-state index < -0.39 is 17.6 Å². The zero-order valence-electron chi connectivity index (χ0n) is 23.5. The summed E-state index contributed by atoms with van der Waals surface area (Å²) in [6.07, 6.45) is 6.11. The SMILES string of the molecule is C=C(F)C(=O)N1CC(Nc2cc3c(Nc4ccc(Oc5ccn(-c6cnc(OC)nc6)n5)cc4F)ncnc3cc2OC)C1. The fourth-order valence-corrected chi connectivity index (χ4v) is 4.54. The van der Waals surface area contributed by atoms with Gasteiger partial charge in [0.2, 0.25) is 5.88 Å². The highest BCUT2D eigenvalue weighted by molar-refractivity contribution is 5.95. The smallest absolute Gasteiger partial charge is 0.316 e. The van der Waals surface area contributed by atoms with Crippen molar-refractivity contribution in [1.29, 1.82) is 0 Å². The van der Waals surface area contributed by atoms with E-state index in [-0.39, 0.29) is 29.4 Å². The van der Waals surface area contributed by atoms with Crippen molar-refractivity contribution < 1.29 is 27.8 Å². The molecule has 2 aromatic carbocycles. The quantitative estimate of drug-likeness (QED) is 0.220. The third kappa shape index (κ3) is 5.74. The maximum atomic E-state index is 15.2. The second-order valence-corrected chi connectivity index (χ2v) is 9.64. The first-order chi connectivity index (χ1) is 21.3. The van der Waals surface area contributed by atoms with Crippen molar-refractivity contribution in [2.45, 2.75) is 6.04 Å². The number of halogens is 2. The fourth-order valence-electron chi connectivity index (χ4n) is 4.54. The first-order valence-corrected chi connectivity index (χ1v) is 13.2. The number of ether oxygens (including phenoxy) is 3. The molecule has 224 valence electrons. The third-order valence-corrected chi connectivity index (χ3v) is 6.76. The van der Waals surface area contributed by atoms with Crippen molar-refractivity contribution in [2.75, 3.05) is 37.9 Å². The van der Waals surface area contributed by atoms with Gasteiger partial charge in [0.25, 0.3) is 5.91 Å². The van der Waals surface area contributed by atoms with Gasteiger partial charge in [-0.2, -0.15) is 0 Å². The summed E-state index contributed by atoms with van der Waals surface area (Å²) in [6.45, 7) is 3.66. The molecule has 0 radical (unpaired) electrons. The van der Waals surface area contributed by atoms with Crippen molar-refractivity contribution in [3.63, 3.8) is 0 Å². The zero-order chi connectivity index (χ0) is 30.8. The molecule has 5 aromatic rings. The van der Waals surface area contributed by atoms with Gasteiger partial charge in [0.15, 0.2) is 5.83 Å². The minimum Gasteiger partial charge on any atom is -0.495 e. The Balaban J connectivity index is 1.17. The Morgan fingerprint density at radius 3 is 2.52 bits per heavy atom. The summed E-state index contributed by atoms with van der Waals surface area (Å²) < 4.78 is 46.1. The van der Waals surface area contributed by atoms with E-state index in [1.165, 1.54) is 42.3 Å². The molecule has 13 nitrogen and oxygen atoms in total. The summed E-state index contributed by atoms with van der Waals surface area (Å²) in [4.78, 5) is 29.9. The van der Waals surface area contributed by atoms with Crippen LogP contribution in [0.15, 0.2) is 73.7 Å². The Morgan fingerprint density at radius 1 is 1.02 bits per heavy atom. The number of amides is 1. The molecule has 0 bridgehead atoms. The first-order valence-electron chi connectivity index (χ1n) is 13.2. The molecule has 3 aromatic heterocycles. The Labute approximate surface area is 249 Å². The highest BCUT2D eigenvalue weighted by atomic mass is 19.1. The van der Waals surface area contributed by atoms with Crippen LogP contribution in [0.3, 0.4) is 0 Å². The van der Waals surface area contributed by atoms with Gasteiger partial charge < -0.3 is 29.7 Å². The lowest BCUT2D eigenvalue weighted by atomic mass is 10.1. The number of carbonyl (C=O) groups excluding carboxylic acids is 1. The van der Waals surface area contributed by atoms with Crippen molar-refractivity contribution in [3.05, 3.63) is 79.5 Å². The van der Waals surface area contributed by atoms with Crippen molar-refractivity contribution >= 4 is 34.0 Å². The molecule has 1 aliphatic heterocycles. The van der Waals surface area contributed by atoms with Gasteiger partial charge in [-0.3, -0.25) is 4.79 Å². The van der Waals surface area contributed by atoms with E-state index in [1.54, 1.807) is 42.9 Å². The number of hydrogen-bond donors (Lipinski definition) is 2. The summed E-state index contributed by atoms with van der Waals surface area (Å²) in [5, 5.41) is 11.2. The summed E-state index contributed by atoms with van der Waals surface area (Å²) in [5.74, 6) is -0.975. The molecule has 1 aliphatic rings. The number of hydrogen-bond acceptors (Lipinski definition) is 11. The molecule has 1 saturated heterocycles. The predicted molar refractivity (Wildman–Crippen MR) is 156 cm³/mol. The Hall–Kier alpha value is -5.86. The van der Waals surface area contributed by atoms with Crippen molar-refractivity contribution in [1.82, 2.24) is 34.6 Å². The van der Waals surface area contributed by atoms with Crippen LogP contribution in [0.1, 0.15) is 0 Å². The average Bonchev–Trinajstić information content (AvgIpc) is 3.48. The lowest BCUT2D eigenvalue weighted by Crippen LogP contribution is -2.57. The normalized spacial score (nSPS) is 12.9. The van der Waals surface area contributed by atoms with Gasteiger partial charge in [-0.15, -0.1) is 5.10 Å². The van der Waals surface area contributed by atoms with Crippen LogP contribution >= 0.6 is 0 Å². The van der Waals surface area contributed by atoms with E-state index in [0.717, 1.165) is 0 Å². The van der Waals surface area contributed by atoms with E-state index in [0.29, 0.717) is 46.9 Å². The average molecular weight is 602 g/mol. The van der Waals surface area contributed by atoms with Crippen LogP contribution in [-0.2, 0) is 4.79 Å². The molecule has 4 heterocycles. The van der Waals surface area contributed by atoms with Gasteiger partial charge in [-0.25, -0.2) is 33.4 Å². The molecule has 2 N–H and O–H groups in total. The Bertz CT molecular complexity index is 1860. The number of aromatic nitrogens is 6. The van der Waals surface area contributed by atoms with Crippen LogP contribution in [0, 0.1) is 5.82 Å². The highest BCUT2D eigenvalue weighted by Crippen LogP contribution is 2.35. The van der Waals surface area contributed by atoms with Crippen LogP contribution in [-0.4, -0.2) is 73.9 Å². The van der Waals surface area contributed by atoms with E-state index in [4.69, 9.17) is 14.2 Å². The number of nitrogens with one attached hydrogen (secondary N) is 2. The van der Waals surface area contributed by atoms with Gasteiger partial charge in [0.05, 0.1) is 49.5 Å². The van der Waals surface area contributed by atoms with Crippen LogP contribution in [0.25, 0.3) is 16.6 Å². The number of rotatable bonds is 10. The van der Waals surface area contributed by atoms with Gasteiger partial charge in [0, 0.05) is 42.9 Å². The van der Waals surface area contributed by atoms with Gasteiger partial charge in [-0.05, 0) is 18.2 Å². The summed E-state index contributed by atoms with van der Waals surface area (Å²) in [5.41, 5.74) is 1.91. The van der Waals surface area contributed by atoms with Crippen LogP contribution in [0.5, 0.6) is 23.4 Å². The zero-order valence-corrected chi connectivity index (χ0v) is 23.5. The number of fused-ring (bicyclic) bond motifs is 1. The van der Waals surface area contributed by atoms with Crippen LogP contribution < -0.4 is 24.8 Å². The van der Waals surface area contributed by atoms with Crippen LogP contribution in [0.4, 0.5) is 26.0 Å². The monoisotopic (exact) mass is 601 g/mol. The maximum Gasteiger partial charge on any atom is 0.316 e. The standard InChI is InChI=1S/C29H25F2N9O4/c1-16(30)28(41)39-13-17(14-39)36-24-9-20-23(10-25(24)42-2)34-15-35-27(20)37-22-5-4-19(8-21(22)31)44-26-6-7-40(38-26)18-11-32-29(43-3)33-12-18/h4-12,15,17,36H,1,13-14H2,2-3H3,(H,34,35,37). The minimum absolute atomic E-state index is 0.133. The Kier molecular flexibility index (Phi) is 7.58. The summed E-state index contributed by atoms with van der Waals surface area (Å²) in [6, 6.07) is 9.56. The lowest BCUT2D eigenvalue weighted by molar-refractivity contribution is -0.132. The first kappa shape index (κ1) is 28.3. The molecule has 0 atom stereocenters. The van der Waals surface area contributed by atoms with E-state index in [2.05, 4.69) is 42.2 Å². The fraction of sp³-hybridized carbons (Fsp3) is 0.172. The molecule has 0 saturated carbocycles. The largest absolute Gasteiger partial charge is 0.495 e. The number of nitrogens with zero attached hydrogens (tertiary/aromatic N) is 7. The number of anilines is 3. The second-order valence-electron chi connectivity index (χ2n) is 9.64. The van der Waals surface area contributed by atoms with Gasteiger partial charge in [0.1, 0.15) is 35.1 Å². The van der Waals surface area contributed by atoms with Gasteiger partial charge in [-0.1, -0.05) is 6.58 Å². The topological polar surface area (TPSA) is 141 Å². The molecule has 0 unspecified atom stereocenters. The Morgan fingerprint density at radius 2 is 1.82 bits per heavy atom. The summed E-state index contributed by atoms with van der Waals surface area (Å²) >= 11 is 0. The van der Waals surface area contributed by atoms with E-state index in [9.17, 15) is 9.18 Å².